The fraction of sp³-hybridized carbons (Fsp3) is 0.375. The number of carbonyl (C=O) groups is 4. The lowest BCUT2D eigenvalue weighted by molar-refractivity contribution is -0.163. The third kappa shape index (κ3) is 4.09. The van der Waals surface area contributed by atoms with Gasteiger partial charge in [0.2, 0.25) is 12.5 Å². The normalized spacial score (nSPS) is 25.7. The van der Waals surface area contributed by atoms with Gasteiger partial charge in [0.05, 0.1) is 0 Å². The Kier molecular flexibility index (Phi) is 6.26. The smallest absolute Gasteiger partial charge is 0.344 e. The summed E-state index contributed by atoms with van der Waals surface area (Å²) in [5.41, 5.74) is 5.27. The lowest BCUT2D eigenvalue weighted by Gasteiger charge is -2.53. The number of nitrogens with one attached hydrogen (secondary N) is 1. The molecule has 3 rings (SSSR count). The fourth-order valence-electron chi connectivity index (χ4n) is 3.06. The van der Waals surface area contributed by atoms with Crippen molar-refractivity contribution in [1.82, 2.24) is 15.2 Å². The number of hydrogen-bond acceptors (Lipinski definition) is 10. The summed E-state index contributed by atoms with van der Waals surface area (Å²) < 4.78 is 0. The average Bonchev–Trinajstić information content (AvgIpc) is 3.13. The third-order valence-corrected chi connectivity index (χ3v) is 6.50. The number of anilines is 1. The topological polar surface area (TPSA) is 185 Å². The van der Waals surface area contributed by atoms with E-state index in [1.807, 2.05) is 0 Å². The molecule has 2 aliphatic heterocycles. The van der Waals surface area contributed by atoms with Crippen LogP contribution in [0.2, 0.25) is 0 Å². The second-order valence-corrected chi connectivity index (χ2v) is 8.32. The van der Waals surface area contributed by atoms with Gasteiger partial charge < -0.3 is 31.0 Å². The molecule has 14 heteroatoms. The van der Waals surface area contributed by atoms with E-state index in [0.29, 0.717) is 5.75 Å². The number of hydrogen-bond donors (Lipinski definition) is 4. The van der Waals surface area contributed by atoms with Gasteiger partial charge in [-0.05, 0) is 0 Å². The average molecular weight is 455 g/mol. The first-order valence-corrected chi connectivity index (χ1v) is 10.4. The number of nitrogen functional groups attached to an aromatic ring is 1. The van der Waals surface area contributed by atoms with Crippen LogP contribution < -0.4 is 11.1 Å². The van der Waals surface area contributed by atoms with Crippen LogP contribution in [0.15, 0.2) is 23.2 Å². The van der Waals surface area contributed by atoms with Gasteiger partial charge in [-0.3, -0.25) is 9.59 Å². The van der Waals surface area contributed by atoms with Crippen LogP contribution in [0.25, 0.3) is 0 Å². The van der Waals surface area contributed by atoms with Crippen LogP contribution in [0.4, 0.5) is 5.13 Å². The summed E-state index contributed by atoms with van der Waals surface area (Å²) in [7, 11) is 0. The number of amides is 2. The van der Waals surface area contributed by atoms with E-state index in [1.165, 1.54) is 28.1 Å². The maximum Gasteiger partial charge on any atom is 0.344 e. The van der Waals surface area contributed by atoms with Gasteiger partial charge in [-0.1, -0.05) is 11.2 Å². The minimum absolute atomic E-state index is 0.0513. The van der Waals surface area contributed by atoms with Gasteiger partial charge in [0.1, 0.15) is 23.2 Å². The van der Waals surface area contributed by atoms with Crippen LogP contribution in [-0.2, 0) is 24.0 Å². The summed E-state index contributed by atoms with van der Waals surface area (Å²) in [6.45, 7) is 2.84. The van der Waals surface area contributed by atoms with Crippen molar-refractivity contribution in [2.24, 2.45) is 11.1 Å². The number of aromatic nitrogens is 1. The Balaban J connectivity index is 1.76. The Labute approximate surface area is 177 Å². The quantitative estimate of drug-likeness (QED) is 0.167. The lowest BCUT2D eigenvalue weighted by Crippen LogP contribution is -2.76. The number of carbonyl (C=O) groups excluding carboxylic acids is 2. The minimum atomic E-state index is -1.30. The van der Waals surface area contributed by atoms with Gasteiger partial charge in [0.15, 0.2) is 10.8 Å². The predicted octanol–water partition coefficient (Wildman–Crippen LogP) is -0.814. The van der Waals surface area contributed by atoms with Crippen molar-refractivity contribution in [2.75, 3.05) is 18.1 Å². The number of aliphatic carboxylic acids is 2. The zero-order valence-corrected chi connectivity index (χ0v) is 16.9. The van der Waals surface area contributed by atoms with E-state index in [4.69, 9.17) is 10.8 Å². The molecule has 0 aliphatic carbocycles. The van der Waals surface area contributed by atoms with Crippen molar-refractivity contribution in [2.45, 2.75) is 17.5 Å². The molecule has 3 heterocycles. The maximum atomic E-state index is 12.7. The Morgan fingerprint density at radius 2 is 2.20 bits per heavy atom. The number of carboxylic acids is 2. The van der Waals surface area contributed by atoms with E-state index in [0.717, 1.165) is 11.3 Å². The number of thioether (sulfide) groups is 1. The number of carboxylic acid groups (broad SMARTS) is 2. The first kappa shape index (κ1) is 21.6. The molecule has 4 atom stereocenters. The molecule has 5 N–H and O–H groups in total. The van der Waals surface area contributed by atoms with Crippen LogP contribution in [0.1, 0.15) is 5.69 Å². The summed E-state index contributed by atoms with van der Waals surface area (Å²) in [5, 5.41) is 25.2. The van der Waals surface area contributed by atoms with Crippen LogP contribution in [0.3, 0.4) is 0 Å². The van der Waals surface area contributed by atoms with Crippen LogP contribution in [0.5, 0.6) is 0 Å². The molecule has 160 valence electrons. The van der Waals surface area contributed by atoms with E-state index in [2.05, 4.69) is 26.9 Å². The molecule has 4 unspecified atom stereocenters. The molecule has 2 aliphatic rings. The molecule has 0 bridgehead atoms. The Morgan fingerprint density at radius 3 is 2.77 bits per heavy atom. The highest BCUT2D eigenvalue weighted by molar-refractivity contribution is 8.00. The number of nitrogens with two attached hydrogens (primary N) is 1. The highest BCUT2D eigenvalue weighted by Crippen LogP contribution is 2.41. The third-order valence-electron chi connectivity index (χ3n) is 4.41. The second-order valence-electron chi connectivity index (χ2n) is 6.28. The second kappa shape index (κ2) is 8.71. The minimum Gasteiger partial charge on any atom is -0.480 e. The Hall–Kier alpha value is -3.13. The largest absolute Gasteiger partial charge is 0.480 e. The van der Waals surface area contributed by atoms with Crippen LogP contribution >= 0.6 is 23.1 Å². The Bertz CT molecular complexity index is 933. The summed E-state index contributed by atoms with van der Waals surface area (Å²) in [4.78, 5) is 57.4. The number of nitrogens with zero attached hydrogens (tertiary/aromatic N) is 3. The van der Waals surface area contributed by atoms with E-state index in [9.17, 15) is 24.3 Å². The Morgan fingerprint density at radius 1 is 1.47 bits per heavy atom. The molecular formula is C16H17N5O7S2. The molecule has 0 aromatic carbocycles. The number of β-lactam (4-membered cyclic amide) rings is 1. The first-order chi connectivity index (χ1) is 14.2. The molecule has 0 saturated carbocycles. The molecule has 2 fully saturated rings. The zero-order valence-electron chi connectivity index (χ0n) is 15.3. The molecule has 0 spiro atoms. The van der Waals surface area contributed by atoms with Gasteiger partial charge in [-0.25, -0.2) is 14.6 Å². The molecule has 0 radical (unpaired) electrons. The highest BCUT2D eigenvalue weighted by atomic mass is 32.2. The van der Waals surface area contributed by atoms with Crippen molar-refractivity contribution in [3.63, 3.8) is 0 Å². The zero-order chi connectivity index (χ0) is 22.0. The highest BCUT2D eigenvalue weighted by Gasteiger charge is 2.57. The number of rotatable bonds is 8. The van der Waals surface area contributed by atoms with Gasteiger partial charge in [0, 0.05) is 17.1 Å². The number of oxime groups is 1. The molecule has 12 nitrogen and oxygen atoms in total. The summed E-state index contributed by atoms with van der Waals surface area (Å²) in [6, 6.07) is -2.03. The van der Waals surface area contributed by atoms with Crippen molar-refractivity contribution < 1.29 is 34.2 Å². The molecule has 1 aromatic rings. The first-order valence-electron chi connectivity index (χ1n) is 8.47. The van der Waals surface area contributed by atoms with Crippen molar-refractivity contribution in [1.29, 1.82) is 0 Å². The fourth-order valence-corrected chi connectivity index (χ4v) is 5.12. The molecule has 30 heavy (non-hydrogen) atoms. The monoisotopic (exact) mass is 455 g/mol. The molecular weight excluding hydrogens is 438 g/mol. The maximum absolute atomic E-state index is 12.7. The molecule has 2 amide bonds. The van der Waals surface area contributed by atoms with Gasteiger partial charge in [0.25, 0.3) is 5.91 Å². The van der Waals surface area contributed by atoms with E-state index in [-0.39, 0.29) is 16.5 Å². The van der Waals surface area contributed by atoms with Crippen molar-refractivity contribution in [3.05, 3.63) is 23.7 Å². The summed E-state index contributed by atoms with van der Waals surface area (Å²) >= 11 is 2.36. The molecule has 1 aromatic heterocycles. The van der Waals surface area contributed by atoms with E-state index in [1.54, 1.807) is 0 Å². The molecule has 2 saturated heterocycles. The van der Waals surface area contributed by atoms with Crippen molar-refractivity contribution in [3.8, 4) is 0 Å². The van der Waals surface area contributed by atoms with Gasteiger partial charge in [-0.2, -0.15) is 0 Å². The predicted molar refractivity (Wildman–Crippen MR) is 107 cm³/mol. The standard InChI is InChI=1S/C16H17N5O7S2/c1-2-6-4-29-14-10(13(25)21(14)11(6)15(26)27)19-12(24)9(20-28-3-8(22)23)7-5-30-16(17)18-7/h2,5-6,10-11,14H,1,3-4H2,(H2,17,18)(H,19,24)(H,22,23)(H,26,27)/b20-9-. The number of thiazole rings is 1. The SMILES string of the molecule is C=CC1CSC2C(NC(=O)/C(=N\OCC(=O)O)c3csc(N)n3)C(=O)N2C1C(=O)O. The van der Waals surface area contributed by atoms with Crippen LogP contribution in [0, 0.1) is 5.92 Å². The van der Waals surface area contributed by atoms with Gasteiger partial charge >= 0.3 is 11.9 Å². The summed E-state index contributed by atoms with van der Waals surface area (Å²) in [5.74, 6) is -3.82. The van der Waals surface area contributed by atoms with Gasteiger partial charge in [-0.15, -0.1) is 29.7 Å². The summed E-state index contributed by atoms with van der Waals surface area (Å²) in [6.07, 6.45) is 1.50. The van der Waals surface area contributed by atoms with E-state index < -0.39 is 53.7 Å². The van der Waals surface area contributed by atoms with Crippen LogP contribution in [-0.4, -0.2) is 79.4 Å². The van der Waals surface area contributed by atoms with Crippen molar-refractivity contribution >= 4 is 57.7 Å². The number of fused-ring (bicyclic) bond motifs is 1. The lowest BCUT2D eigenvalue weighted by atomic mass is 9.93. The van der Waals surface area contributed by atoms with E-state index >= 15 is 0 Å².